The molecule has 0 N–H and O–H groups in total. The van der Waals surface area contributed by atoms with Crippen LogP contribution in [0.4, 0.5) is 11.9 Å². The Morgan fingerprint density at radius 3 is 1.28 bits per heavy atom. The van der Waals surface area contributed by atoms with Crippen LogP contribution >= 0.6 is 0 Å². The van der Waals surface area contributed by atoms with Gasteiger partial charge in [0.25, 0.3) is 0 Å². The van der Waals surface area contributed by atoms with E-state index in [1.807, 2.05) is 6.92 Å². The van der Waals surface area contributed by atoms with Gasteiger partial charge >= 0.3 is 0 Å². The minimum Gasteiger partial charge on any atom is -0.371 e. The van der Waals surface area contributed by atoms with Crippen LogP contribution < -0.4 is 9.80 Å². The highest BCUT2D eigenvalue weighted by atomic mass is 16.6. The smallest absolute Gasteiger partial charge is 0.230 e. The third-order valence-electron chi connectivity index (χ3n) is 4.59. The van der Waals surface area contributed by atoms with E-state index in [0.717, 1.165) is 58.4 Å². The maximum absolute atomic E-state index is 5.40. The molecule has 0 bridgehead atoms. The second-order valence-electron chi connectivity index (χ2n) is 7.11. The van der Waals surface area contributed by atoms with Gasteiger partial charge in [0.2, 0.25) is 11.9 Å². The molecule has 4 atom stereocenters. The lowest BCUT2D eigenvalue weighted by Crippen LogP contribution is -2.36. The lowest BCUT2D eigenvalue weighted by Gasteiger charge is -2.25. The lowest BCUT2D eigenvalue weighted by atomic mass is 10.3. The highest BCUT2D eigenvalue weighted by Crippen LogP contribution is 2.24. The first kappa shape index (κ1) is 15.7. The van der Waals surface area contributed by atoms with Gasteiger partial charge in [-0.15, -0.1) is 0 Å². The van der Waals surface area contributed by atoms with Crippen LogP contribution in [0.2, 0.25) is 0 Å². The lowest BCUT2D eigenvalue weighted by molar-refractivity contribution is 0.385. The molecule has 0 radical (unpaired) electrons. The predicted octanol–water partition coefficient (Wildman–Crippen LogP) is -0.612. The maximum atomic E-state index is 5.40. The summed E-state index contributed by atoms with van der Waals surface area (Å²) >= 11 is 0. The zero-order valence-corrected chi connectivity index (χ0v) is 14.3. The van der Waals surface area contributed by atoms with Gasteiger partial charge in [-0.25, -0.2) is 0 Å². The van der Waals surface area contributed by atoms with Gasteiger partial charge < -0.3 is 28.7 Å². The van der Waals surface area contributed by atoms with Crippen LogP contribution in [0.5, 0.6) is 0 Å². The van der Waals surface area contributed by atoms with E-state index >= 15 is 0 Å². The minimum absolute atomic E-state index is 0.273. The third-order valence-corrected chi connectivity index (χ3v) is 4.59. The van der Waals surface area contributed by atoms with Crippen LogP contribution in [-0.2, 0) is 18.9 Å². The number of aryl methyl sites for hydroxylation is 1. The van der Waals surface area contributed by atoms with Gasteiger partial charge in [-0.05, 0) is 6.92 Å². The molecular formula is C16H23N5O4. The highest BCUT2D eigenvalue weighted by molar-refractivity contribution is 5.40. The number of epoxide rings is 4. The second kappa shape index (κ2) is 6.31. The summed E-state index contributed by atoms with van der Waals surface area (Å²) < 4.78 is 21.6. The Bertz CT molecular complexity index is 553. The van der Waals surface area contributed by atoms with Crippen molar-refractivity contribution >= 4 is 11.9 Å². The molecule has 9 heteroatoms. The van der Waals surface area contributed by atoms with Crippen molar-refractivity contribution in [2.24, 2.45) is 0 Å². The van der Waals surface area contributed by atoms with Gasteiger partial charge in [0.1, 0.15) is 5.82 Å². The van der Waals surface area contributed by atoms with Crippen molar-refractivity contribution in [2.75, 3.05) is 62.4 Å². The summed E-state index contributed by atoms with van der Waals surface area (Å²) in [6.07, 6.45) is 1.09. The van der Waals surface area contributed by atoms with E-state index in [0.29, 0.717) is 11.9 Å². The molecule has 9 nitrogen and oxygen atoms in total. The monoisotopic (exact) mass is 349 g/mol. The number of ether oxygens (including phenoxy) is 4. The van der Waals surface area contributed by atoms with Crippen LogP contribution in [0.15, 0.2) is 0 Å². The van der Waals surface area contributed by atoms with Crippen LogP contribution in [0.25, 0.3) is 0 Å². The Kier molecular flexibility index (Phi) is 3.96. The van der Waals surface area contributed by atoms with Crippen molar-refractivity contribution in [3.05, 3.63) is 5.82 Å². The van der Waals surface area contributed by atoms with Crippen molar-refractivity contribution in [2.45, 2.75) is 31.3 Å². The fraction of sp³-hybridized carbons (Fsp3) is 0.812. The van der Waals surface area contributed by atoms with Crippen LogP contribution in [-0.4, -0.2) is 92.0 Å². The molecule has 0 aromatic carbocycles. The standard InChI is InChI=1S/C16H23N5O4/c1-10-17-15(20(2-11-6-22-11)3-12-7-23-12)19-16(18-10)21(4-13-8-24-13)5-14-9-25-14/h11-14H,2-9H2,1H3. The Hall–Kier alpha value is -1.55. The molecule has 0 amide bonds. The van der Waals surface area contributed by atoms with Crippen molar-refractivity contribution in [1.29, 1.82) is 0 Å². The van der Waals surface area contributed by atoms with Crippen molar-refractivity contribution in [1.82, 2.24) is 15.0 Å². The molecule has 0 aliphatic carbocycles. The fourth-order valence-electron chi connectivity index (χ4n) is 2.89. The Morgan fingerprint density at radius 1 is 0.680 bits per heavy atom. The molecule has 4 aliphatic rings. The second-order valence-corrected chi connectivity index (χ2v) is 7.11. The number of hydrogen-bond acceptors (Lipinski definition) is 9. The zero-order valence-electron chi connectivity index (χ0n) is 14.3. The Balaban J connectivity index is 1.38. The quantitative estimate of drug-likeness (QED) is 0.512. The van der Waals surface area contributed by atoms with E-state index < -0.39 is 0 Å². The van der Waals surface area contributed by atoms with E-state index in [1.165, 1.54) is 0 Å². The molecule has 5 heterocycles. The first-order chi connectivity index (χ1) is 12.2. The molecular weight excluding hydrogens is 326 g/mol. The third kappa shape index (κ3) is 4.35. The molecule has 4 fully saturated rings. The molecule has 4 aliphatic heterocycles. The topological polar surface area (TPSA) is 95.3 Å². The van der Waals surface area contributed by atoms with E-state index in [4.69, 9.17) is 23.9 Å². The average molecular weight is 349 g/mol. The summed E-state index contributed by atoms with van der Waals surface area (Å²) in [6, 6.07) is 0. The number of hydrogen-bond donors (Lipinski definition) is 0. The summed E-state index contributed by atoms with van der Waals surface area (Å²) in [5.41, 5.74) is 0. The van der Waals surface area contributed by atoms with Gasteiger partial charge in [-0.2, -0.15) is 15.0 Å². The van der Waals surface area contributed by atoms with E-state index in [1.54, 1.807) is 0 Å². The maximum Gasteiger partial charge on any atom is 0.230 e. The summed E-state index contributed by atoms with van der Waals surface area (Å²) in [5, 5.41) is 0. The van der Waals surface area contributed by atoms with Gasteiger partial charge in [-0.3, -0.25) is 0 Å². The number of aromatic nitrogens is 3. The molecule has 0 spiro atoms. The molecule has 4 unspecified atom stereocenters. The zero-order chi connectivity index (χ0) is 16.8. The van der Waals surface area contributed by atoms with E-state index in [-0.39, 0.29) is 24.4 Å². The first-order valence-corrected chi connectivity index (χ1v) is 8.92. The van der Waals surface area contributed by atoms with Crippen LogP contribution in [0.3, 0.4) is 0 Å². The summed E-state index contributed by atoms with van der Waals surface area (Å²) in [4.78, 5) is 18.2. The SMILES string of the molecule is Cc1nc(N(CC2CO2)CC2CO2)nc(N(CC2CO2)CC2CO2)n1. The highest BCUT2D eigenvalue weighted by Gasteiger charge is 2.34. The Morgan fingerprint density at radius 2 is 1.00 bits per heavy atom. The molecule has 25 heavy (non-hydrogen) atoms. The first-order valence-electron chi connectivity index (χ1n) is 8.92. The normalized spacial score (nSPS) is 31.6. The van der Waals surface area contributed by atoms with Crippen LogP contribution in [0.1, 0.15) is 5.82 Å². The molecule has 5 rings (SSSR count). The Labute approximate surface area is 146 Å². The van der Waals surface area contributed by atoms with Crippen molar-refractivity contribution < 1.29 is 18.9 Å². The summed E-state index contributed by atoms with van der Waals surface area (Å²) in [5.74, 6) is 2.12. The molecule has 1 aromatic rings. The van der Waals surface area contributed by atoms with E-state index in [2.05, 4.69) is 19.8 Å². The van der Waals surface area contributed by atoms with Gasteiger partial charge in [0.15, 0.2) is 0 Å². The summed E-state index contributed by atoms with van der Waals surface area (Å²) in [6.45, 7) is 8.31. The van der Waals surface area contributed by atoms with Gasteiger partial charge in [0.05, 0.1) is 50.8 Å². The summed E-state index contributed by atoms with van der Waals surface area (Å²) in [7, 11) is 0. The molecule has 1 aromatic heterocycles. The fourth-order valence-corrected chi connectivity index (χ4v) is 2.89. The molecule has 0 saturated carbocycles. The average Bonchev–Trinajstić information content (AvgIpc) is 3.44. The number of rotatable bonds is 10. The van der Waals surface area contributed by atoms with Crippen LogP contribution in [0, 0.1) is 6.92 Å². The van der Waals surface area contributed by atoms with E-state index in [9.17, 15) is 0 Å². The largest absolute Gasteiger partial charge is 0.371 e. The van der Waals surface area contributed by atoms with Crippen molar-refractivity contribution in [3.8, 4) is 0 Å². The van der Waals surface area contributed by atoms with Gasteiger partial charge in [0, 0.05) is 26.2 Å². The molecule has 136 valence electrons. The van der Waals surface area contributed by atoms with Crippen molar-refractivity contribution in [3.63, 3.8) is 0 Å². The molecule has 4 saturated heterocycles. The predicted molar refractivity (Wildman–Crippen MR) is 88.0 cm³/mol. The number of anilines is 2. The number of nitrogens with zero attached hydrogens (tertiary/aromatic N) is 5. The minimum atomic E-state index is 0.273. The van der Waals surface area contributed by atoms with Gasteiger partial charge in [-0.1, -0.05) is 0 Å².